The van der Waals surface area contributed by atoms with Gasteiger partial charge in [0.2, 0.25) is 0 Å². The van der Waals surface area contributed by atoms with Crippen LogP contribution >= 0.6 is 11.6 Å². The lowest BCUT2D eigenvalue weighted by Crippen LogP contribution is -2.43. The molecule has 0 radical (unpaired) electrons. The molecule has 2 unspecified atom stereocenters. The Balaban J connectivity index is 1.87. The minimum Gasteiger partial charge on any atom is -0.308 e. The number of nitrogens with zero attached hydrogens (tertiary/aromatic N) is 1. The first-order chi connectivity index (χ1) is 9.70. The number of benzene rings is 1. The minimum atomic E-state index is 0.404. The third-order valence-corrected chi connectivity index (χ3v) is 4.57. The van der Waals surface area contributed by atoms with Crippen molar-refractivity contribution >= 4 is 11.6 Å². The van der Waals surface area contributed by atoms with Crippen LogP contribution in [0, 0.1) is 0 Å². The zero-order valence-corrected chi connectivity index (χ0v) is 13.5. The van der Waals surface area contributed by atoms with Crippen molar-refractivity contribution in [2.45, 2.75) is 51.6 Å². The van der Waals surface area contributed by atoms with Gasteiger partial charge in [0, 0.05) is 23.7 Å². The van der Waals surface area contributed by atoms with Crippen LogP contribution in [0.15, 0.2) is 24.3 Å². The van der Waals surface area contributed by atoms with Gasteiger partial charge in [0.1, 0.15) is 0 Å². The molecule has 1 aromatic carbocycles. The zero-order valence-electron chi connectivity index (χ0n) is 12.7. The Hall–Kier alpha value is -0.570. The van der Waals surface area contributed by atoms with Gasteiger partial charge in [-0.25, -0.2) is 0 Å². The maximum absolute atomic E-state index is 6.09. The molecule has 2 atom stereocenters. The summed E-state index contributed by atoms with van der Waals surface area (Å²) in [6, 6.07) is 9.24. The number of halogens is 1. The monoisotopic (exact) mass is 294 g/mol. The Morgan fingerprint density at radius 1 is 1.25 bits per heavy atom. The molecule has 0 saturated carbocycles. The summed E-state index contributed by atoms with van der Waals surface area (Å²) in [7, 11) is 0. The van der Waals surface area contributed by atoms with Gasteiger partial charge in [-0.3, -0.25) is 4.90 Å². The van der Waals surface area contributed by atoms with E-state index in [2.05, 4.69) is 36.2 Å². The molecule has 112 valence electrons. The van der Waals surface area contributed by atoms with Gasteiger partial charge in [0.25, 0.3) is 0 Å². The maximum atomic E-state index is 6.09. The minimum absolute atomic E-state index is 0.404. The lowest BCUT2D eigenvalue weighted by molar-refractivity contribution is 0.167. The van der Waals surface area contributed by atoms with E-state index in [1.807, 2.05) is 12.1 Å². The Morgan fingerprint density at radius 3 is 2.65 bits per heavy atom. The van der Waals surface area contributed by atoms with Crippen LogP contribution < -0.4 is 5.32 Å². The highest BCUT2D eigenvalue weighted by Crippen LogP contribution is 2.20. The van der Waals surface area contributed by atoms with E-state index < -0.39 is 0 Å². The van der Waals surface area contributed by atoms with Crippen LogP contribution in [0.5, 0.6) is 0 Å². The van der Waals surface area contributed by atoms with E-state index >= 15 is 0 Å². The molecule has 0 bridgehead atoms. The summed E-state index contributed by atoms with van der Waals surface area (Å²) in [5.41, 5.74) is 1.30. The van der Waals surface area contributed by atoms with E-state index in [1.54, 1.807) is 0 Å². The number of hydrogen-bond donors (Lipinski definition) is 1. The summed E-state index contributed by atoms with van der Waals surface area (Å²) in [5.74, 6) is 0. The van der Waals surface area contributed by atoms with Crippen molar-refractivity contribution in [1.82, 2.24) is 10.2 Å². The van der Waals surface area contributed by atoms with Gasteiger partial charge in [-0.2, -0.15) is 0 Å². The lowest BCUT2D eigenvalue weighted by atomic mass is 10.0. The molecule has 1 aliphatic rings. The first-order valence-corrected chi connectivity index (χ1v) is 8.31. The molecule has 3 heteroatoms. The van der Waals surface area contributed by atoms with Crippen LogP contribution in [-0.4, -0.2) is 30.6 Å². The van der Waals surface area contributed by atoms with Gasteiger partial charge >= 0.3 is 0 Å². The van der Waals surface area contributed by atoms with E-state index in [9.17, 15) is 0 Å². The van der Waals surface area contributed by atoms with Crippen molar-refractivity contribution in [3.05, 3.63) is 34.9 Å². The van der Waals surface area contributed by atoms with Crippen molar-refractivity contribution < 1.29 is 0 Å². The third kappa shape index (κ3) is 4.47. The Kier molecular flexibility index (Phi) is 6.34. The summed E-state index contributed by atoms with van der Waals surface area (Å²) in [4.78, 5) is 2.61. The SMILES string of the molecule is CCC(NCC(C)N1CCCCC1)c1cccc(Cl)c1. The van der Waals surface area contributed by atoms with Gasteiger partial charge in [-0.15, -0.1) is 0 Å². The van der Waals surface area contributed by atoms with Crippen LogP contribution in [0.3, 0.4) is 0 Å². The second kappa shape index (κ2) is 8.02. The third-order valence-electron chi connectivity index (χ3n) is 4.33. The van der Waals surface area contributed by atoms with Crippen LogP contribution in [-0.2, 0) is 0 Å². The van der Waals surface area contributed by atoms with E-state index in [-0.39, 0.29) is 0 Å². The molecule has 1 saturated heterocycles. The van der Waals surface area contributed by atoms with Crippen molar-refractivity contribution in [3.8, 4) is 0 Å². The fraction of sp³-hybridized carbons (Fsp3) is 0.647. The average Bonchev–Trinajstić information content (AvgIpc) is 2.48. The number of piperidine rings is 1. The molecule has 2 nitrogen and oxygen atoms in total. The fourth-order valence-electron chi connectivity index (χ4n) is 3.02. The predicted molar refractivity (Wildman–Crippen MR) is 87.4 cm³/mol. The first kappa shape index (κ1) is 15.8. The van der Waals surface area contributed by atoms with Gasteiger partial charge in [0.05, 0.1) is 0 Å². The second-order valence-electron chi connectivity index (χ2n) is 5.87. The van der Waals surface area contributed by atoms with Crippen LogP contribution in [0.2, 0.25) is 5.02 Å². The quantitative estimate of drug-likeness (QED) is 0.843. The van der Waals surface area contributed by atoms with Gasteiger partial charge in [0.15, 0.2) is 0 Å². The molecular formula is C17H27ClN2. The molecule has 0 spiro atoms. The van der Waals surface area contributed by atoms with E-state index in [0.717, 1.165) is 18.0 Å². The van der Waals surface area contributed by atoms with E-state index in [1.165, 1.54) is 37.9 Å². The highest BCUT2D eigenvalue weighted by Gasteiger charge is 2.18. The van der Waals surface area contributed by atoms with Gasteiger partial charge < -0.3 is 5.32 Å². The molecule has 1 aliphatic heterocycles. The van der Waals surface area contributed by atoms with E-state index in [4.69, 9.17) is 11.6 Å². The van der Waals surface area contributed by atoms with Crippen LogP contribution in [0.1, 0.15) is 51.1 Å². The molecule has 1 fully saturated rings. The Labute approximate surface area is 128 Å². The lowest BCUT2D eigenvalue weighted by Gasteiger charge is -2.33. The largest absolute Gasteiger partial charge is 0.308 e. The number of rotatable bonds is 6. The predicted octanol–water partition coefficient (Wildman–Crippen LogP) is 4.26. The summed E-state index contributed by atoms with van der Waals surface area (Å²) < 4.78 is 0. The van der Waals surface area contributed by atoms with Crippen molar-refractivity contribution in [2.24, 2.45) is 0 Å². The molecule has 2 rings (SSSR count). The summed E-state index contributed by atoms with van der Waals surface area (Å²) in [6.07, 6.45) is 5.20. The zero-order chi connectivity index (χ0) is 14.4. The highest BCUT2D eigenvalue weighted by molar-refractivity contribution is 6.30. The number of likely N-dealkylation sites (tertiary alicyclic amines) is 1. The van der Waals surface area contributed by atoms with Crippen LogP contribution in [0.25, 0.3) is 0 Å². The van der Waals surface area contributed by atoms with Gasteiger partial charge in [-0.1, -0.05) is 37.1 Å². The number of hydrogen-bond acceptors (Lipinski definition) is 2. The molecule has 1 N–H and O–H groups in total. The molecule has 1 heterocycles. The second-order valence-corrected chi connectivity index (χ2v) is 6.31. The molecular weight excluding hydrogens is 268 g/mol. The molecule has 1 aromatic rings. The average molecular weight is 295 g/mol. The van der Waals surface area contributed by atoms with Gasteiger partial charge in [-0.05, 0) is 57.0 Å². The van der Waals surface area contributed by atoms with Crippen molar-refractivity contribution in [2.75, 3.05) is 19.6 Å². The van der Waals surface area contributed by atoms with Crippen LogP contribution in [0.4, 0.5) is 0 Å². The fourth-order valence-corrected chi connectivity index (χ4v) is 3.22. The molecule has 0 aliphatic carbocycles. The standard InChI is InChI=1S/C17H27ClN2/c1-3-17(15-8-7-9-16(18)12-15)19-13-14(2)20-10-5-4-6-11-20/h7-9,12,14,17,19H,3-6,10-11,13H2,1-2H3. The molecule has 0 amide bonds. The van der Waals surface area contributed by atoms with Crippen molar-refractivity contribution in [1.29, 1.82) is 0 Å². The van der Waals surface area contributed by atoms with Crippen molar-refractivity contribution in [3.63, 3.8) is 0 Å². The molecule has 0 aromatic heterocycles. The Bertz CT molecular complexity index is 402. The highest BCUT2D eigenvalue weighted by atomic mass is 35.5. The molecule has 20 heavy (non-hydrogen) atoms. The summed E-state index contributed by atoms with van der Waals surface area (Å²) >= 11 is 6.09. The normalized spacial score (nSPS) is 19.8. The maximum Gasteiger partial charge on any atom is 0.0409 e. The Morgan fingerprint density at radius 2 is 2.00 bits per heavy atom. The summed E-state index contributed by atoms with van der Waals surface area (Å²) in [6.45, 7) is 8.13. The summed E-state index contributed by atoms with van der Waals surface area (Å²) in [5, 5.41) is 4.54. The number of nitrogens with one attached hydrogen (secondary N) is 1. The first-order valence-electron chi connectivity index (χ1n) is 7.93. The van der Waals surface area contributed by atoms with E-state index in [0.29, 0.717) is 12.1 Å². The topological polar surface area (TPSA) is 15.3 Å². The smallest absolute Gasteiger partial charge is 0.0409 e.